The summed E-state index contributed by atoms with van der Waals surface area (Å²) < 4.78 is 36.8. The lowest BCUT2D eigenvalue weighted by atomic mass is 9.87. The number of rotatable bonds is 4. The van der Waals surface area contributed by atoms with E-state index in [2.05, 4.69) is 5.32 Å². The summed E-state index contributed by atoms with van der Waals surface area (Å²) in [5.41, 5.74) is 6.43. The Kier molecular flexibility index (Phi) is 12.4. The number of amides is 2. The summed E-state index contributed by atoms with van der Waals surface area (Å²) in [5.74, 6) is -2.28. The maximum Gasteiger partial charge on any atom is 0.405 e. The van der Waals surface area contributed by atoms with Crippen LogP contribution in [0.3, 0.4) is 0 Å². The molecule has 1 aromatic rings. The molecular weight excluding hydrogens is 523 g/mol. The number of benzene rings is 1. The van der Waals surface area contributed by atoms with Gasteiger partial charge in [-0.3, -0.25) is 4.79 Å². The van der Waals surface area contributed by atoms with Gasteiger partial charge in [-0.1, -0.05) is 26.0 Å². The first-order valence-electron chi connectivity index (χ1n) is 13.3. The van der Waals surface area contributed by atoms with Crippen molar-refractivity contribution >= 4 is 17.7 Å². The summed E-state index contributed by atoms with van der Waals surface area (Å²) in [6, 6.07) is 1.01. The average molecular weight is 567 g/mol. The summed E-state index contributed by atoms with van der Waals surface area (Å²) in [6.07, 6.45) is 0.807. The van der Waals surface area contributed by atoms with Gasteiger partial charge in [0.15, 0.2) is 17.7 Å². The van der Waals surface area contributed by atoms with Crippen LogP contribution in [0.15, 0.2) is 29.4 Å². The van der Waals surface area contributed by atoms with E-state index in [1.165, 1.54) is 21.3 Å². The van der Waals surface area contributed by atoms with Gasteiger partial charge in [0.2, 0.25) is 0 Å². The number of phenols is 1. The van der Waals surface area contributed by atoms with Crippen LogP contribution < -0.4 is 15.8 Å². The SMILES string of the molecule is COc1c(F)cc2c(O)c1C[C@@H](C)C[C@H](OC)[C@H](O)[C@@H](C)/C=C(\C)[C@H](OC(N)=O)[C@@H](OC)CC/C=C(\C)C(=O)N2. The van der Waals surface area contributed by atoms with E-state index < -0.39 is 48.2 Å². The monoisotopic (exact) mass is 566 g/mol. The quantitative estimate of drug-likeness (QED) is 0.313. The molecule has 2 rings (SSSR count). The zero-order valence-electron chi connectivity index (χ0n) is 24.3. The molecule has 6 atom stereocenters. The number of aliphatic hydroxyl groups is 1. The number of nitrogens with two attached hydrogens (primary N) is 1. The largest absolute Gasteiger partial charge is 0.505 e. The highest BCUT2D eigenvalue weighted by Crippen LogP contribution is 2.40. The van der Waals surface area contributed by atoms with Crippen LogP contribution in [0.1, 0.15) is 52.5 Å². The van der Waals surface area contributed by atoms with Gasteiger partial charge in [-0.15, -0.1) is 0 Å². The van der Waals surface area contributed by atoms with Crippen LogP contribution in [0.2, 0.25) is 0 Å². The number of allylic oxidation sites excluding steroid dienone is 1. The Morgan fingerprint density at radius 3 is 2.38 bits per heavy atom. The minimum atomic E-state index is -0.967. The number of anilines is 1. The van der Waals surface area contributed by atoms with E-state index in [9.17, 15) is 24.2 Å². The van der Waals surface area contributed by atoms with E-state index in [0.29, 0.717) is 30.4 Å². The summed E-state index contributed by atoms with van der Waals surface area (Å²) in [7, 11) is 4.27. The number of phenolic OH excluding ortho intramolecular Hbond substituents is 1. The predicted octanol–water partition coefficient (Wildman–Crippen LogP) is 4.22. The third kappa shape index (κ3) is 8.42. The number of carbonyl (C=O) groups excluding carboxylic acids is 2. The molecule has 5 N–H and O–H groups in total. The lowest BCUT2D eigenvalue weighted by Gasteiger charge is -2.30. The van der Waals surface area contributed by atoms with Crippen LogP contribution in [0, 0.1) is 17.7 Å². The number of hydrogen-bond acceptors (Lipinski definition) is 8. The van der Waals surface area contributed by atoms with Crippen LogP contribution >= 0.6 is 0 Å². The van der Waals surface area contributed by atoms with Gasteiger partial charge in [0, 0.05) is 37.3 Å². The molecule has 40 heavy (non-hydrogen) atoms. The zero-order valence-corrected chi connectivity index (χ0v) is 24.3. The molecule has 1 aliphatic heterocycles. The lowest BCUT2D eigenvalue weighted by Crippen LogP contribution is -2.37. The molecular formula is C29H43FN2O8. The maximum atomic E-state index is 15.0. The molecule has 1 heterocycles. The third-order valence-electron chi connectivity index (χ3n) is 7.28. The van der Waals surface area contributed by atoms with Crippen molar-refractivity contribution < 1.29 is 43.1 Å². The van der Waals surface area contributed by atoms with E-state index in [1.54, 1.807) is 26.0 Å². The molecule has 0 unspecified atom stereocenters. The fourth-order valence-electron chi connectivity index (χ4n) is 5.09. The molecule has 0 radical (unpaired) electrons. The number of nitrogens with one attached hydrogen (secondary N) is 1. The second kappa shape index (κ2) is 15.0. The number of methoxy groups -OCH3 is 3. The molecule has 2 bridgehead atoms. The van der Waals surface area contributed by atoms with Crippen LogP contribution in [-0.2, 0) is 25.4 Å². The first kappa shape index (κ1) is 33.1. The van der Waals surface area contributed by atoms with Crippen LogP contribution in [0.4, 0.5) is 14.9 Å². The highest BCUT2D eigenvalue weighted by atomic mass is 19.1. The fourth-order valence-corrected chi connectivity index (χ4v) is 5.09. The Morgan fingerprint density at radius 2 is 1.80 bits per heavy atom. The first-order valence-corrected chi connectivity index (χ1v) is 13.3. The Hall–Kier alpha value is -3.15. The maximum absolute atomic E-state index is 15.0. The van der Waals surface area contributed by atoms with Crippen molar-refractivity contribution in [3.05, 3.63) is 40.7 Å². The Morgan fingerprint density at radius 1 is 1.15 bits per heavy atom. The van der Waals surface area contributed by atoms with E-state index in [0.717, 1.165) is 6.07 Å². The highest BCUT2D eigenvalue weighted by molar-refractivity contribution is 6.04. The van der Waals surface area contributed by atoms with Crippen molar-refractivity contribution in [1.82, 2.24) is 0 Å². The molecule has 1 aliphatic rings. The molecule has 0 aliphatic carbocycles. The fraction of sp³-hybridized carbons (Fsp3) is 0.586. The standard InChI is InChI=1S/C29H43FN2O8/c1-15-11-19-25(34)21(14-20(30)27(19)39-7)32-28(35)16(2)9-8-10-22(37-5)26(40-29(31)36)18(4)13-17(3)24(33)23(12-15)38-6/h9,13-15,17,22-24,26,33-34H,8,10-12H2,1-7H3,(H2,31,36)(H,32,35)/b16-9+,18-13+/t15-,17+,22+,23+,24-,26+/m1/s1. The molecule has 224 valence electrons. The normalized spacial score (nSPS) is 29.9. The van der Waals surface area contributed by atoms with Crippen molar-refractivity contribution in [2.75, 3.05) is 26.6 Å². The van der Waals surface area contributed by atoms with Crippen molar-refractivity contribution in [3.63, 3.8) is 0 Å². The van der Waals surface area contributed by atoms with Gasteiger partial charge in [0.25, 0.3) is 5.91 Å². The molecule has 0 saturated heterocycles. The lowest BCUT2D eigenvalue weighted by molar-refractivity contribution is -0.112. The van der Waals surface area contributed by atoms with Crippen LogP contribution in [0.25, 0.3) is 0 Å². The molecule has 0 spiro atoms. The van der Waals surface area contributed by atoms with Gasteiger partial charge in [0.05, 0.1) is 31.1 Å². The van der Waals surface area contributed by atoms with Gasteiger partial charge < -0.3 is 40.2 Å². The van der Waals surface area contributed by atoms with Crippen molar-refractivity contribution in [1.29, 1.82) is 0 Å². The number of carbonyl (C=O) groups is 2. The van der Waals surface area contributed by atoms with Gasteiger partial charge >= 0.3 is 6.09 Å². The topological polar surface area (TPSA) is 150 Å². The number of aliphatic hydroxyl groups excluding tert-OH is 1. The zero-order chi connectivity index (χ0) is 30.1. The average Bonchev–Trinajstić information content (AvgIpc) is 2.90. The van der Waals surface area contributed by atoms with E-state index in [1.807, 2.05) is 13.8 Å². The molecule has 10 nitrogen and oxygen atoms in total. The smallest absolute Gasteiger partial charge is 0.405 e. The molecule has 0 saturated carbocycles. The van der Waals surface area contributed by atoms with Gasteiger partial charge in [-0.25, -0.2) is 9.18 Å². The number of primary amides is 1. The second-order valence-corrected chi connectivity index (χ2v) is 10.4. The minimum Gasteiger partial charge on any atom is -0.505 e. The Labute approximate surface area is 235 Å². The summed E-state index contributed by atoms with van der Waals surface area (Å²) in [6.45, 7) is 7.05. The minimum absolute atomic E-state index is 0.0855. The van der Waals surface area contributed by atoms with E-state index >= 15 is 0 Å². The highest BCUT2D eigenvalue weighted by Gasteiger charge is 2.31. The van der Waals surface area contributed by atoms with Gasteiger partial charge in [-0.05, 0) is 51.0 Å². The summed E-state index contributed by atoms with van der Waals surface area (Å²) in [4.78, 5) is 24.6. The molecule has 0 fully saturated rings. The predicted molar refractivity (Wildman–Crippen MR) is 149 cm³/mol. The van der Waals surface area contributed by atoms with Crippen molar-refractivity contribution in [3.8, 4) is 11.5 Å². The third-order valence-corrected chi connectivity index (χ3v) is 7.28. The molecule has 2 amide bonds. The first-order chi connectivity index (χ1) is 18.8. The molecule has 0 aromatic heterocycles. The number of halogens is 1. The van der Waals surface area contributed by atoms with E-state index in [4.69, 9.17) is 24.7 Å². The second-order valence-electron chi connectivity index (χ2n) is 10.4. The van der Waals surface area contributed by atoms with Crippen LogP contribution in [-0.4, -0.2) is 68.0 Å². The number of aromatic hydroxyl groups is 1. The van der Waals surface area contributed by atoms with Gasteiger partial charge in [-0.2, -0.15) is 0 Å². The number of fused-ring (bicyclic) bond motifs is 2. The number of ether oxygens (including phenoxy) is 4. The number of hydrogen-bond donors (Lipinski definition) is 4. The van der Waals surface area contributed by atoms with Gasteiger partial charge in [0.1, 0.15) is 5.75 Å². The molecule has 11 heteroatoms. The summed E-state index contributed by atoms with van der Waals surface area (Å²) in [5, 5.41) is 24.8. The molecule has 1 aromatic carbocycles. The Bertz CT molecular complexity index is 1110. The van der Waals surface area contributed by atoms with Crippen molar-refractivity contribution in [2.24, 2.45) is 17.6 Å². The van der Waals surface area contributed by atoms with Crippen molar-refractivity contribution in [2.45, 2.75) is 77.8 Å². The Balaban J connectivity index is 2.59. The summed E-state index contributed by atoms with van der Waals surface area (Å²) >= 11 is 0. The van der Waals surface area contributed by atoms with E-state index in [-0.39, 0.29) is 35.1 Å². The van der Waals surface area contributed by atoms with Crippen LogP contribution in [0.5, 0.6) is 11.5 Å².